The van der Waals surface area contributed by atoms with Crippen molar-refractivity contribution in [1.29, 1.82) is 0 Å². The molecule has 2 heterocycles. The quantitative estimate of drug-likeness (QED) is 0.686. The third-order valence-electron chi connectivity index (χ3n) is 5.68. The minimum absolute atomic E-state index is 0.0564. The van der Waals surface area contributed by atoms with E-state index in [4.69, 9.17) is 4.74 Å². The van der Waals surface area contributed by atoms with Crippen molar-refractivity contribution in [2.45, 2.75) is 25.3 Å². The number of nitrogens with zero attached hydrogens (tertiary/aromatic N) is 2. The van der Waals surface area contributed by atoms with Crippen LogP contribution in [-0.4, -0.2) is 42.5 Å². The van der Waals surface area contributed by atoms with Crippen LogP contribution in [-0.2, 0) is 0 Å². The Balaban J connectivity index is 1.54. The van der Waals surface area contributed by atoms with Crippen LogP contribution in [0.15, 0.2) is 60.8 Å². The van der Waals surface area contributed by atoms with Gasteiger partial charge in [0.2, 0.25) is 0 Å². The van der Waals surface area contributed by atoms with Crippen LogP contribution >= 0.6 is 0 Å². The summed E-state index contributed by atoms with van der Waals surface area (Å²) in [6.45, 7) is 2.69. The van der Waals surface area contributed by atoms with Gasteiger partial charge >= 0.3 is 0 Å². The number of pyridine rings is 1. The van der Waals surface area contributed by atoms with E-state index in [0.717, 1.165) is 29.7 Å². The van der Waals surface area contributed by atoms with Gasteiger partial charge in [-0.25, -0.2) is 0 Å². The summed E-state index contributed by atoms with van der Waals surface area (Å²) in [6.07, 6.45) is 5.38. The monoisotopic (exact) mass is 389 g/mol. The molecule has 0 radical (unpaired) electrons. The zero-order valence-electron chi connectivity index (χ0n) is 16.8. The number of likely N-dealkylation sites (tertiary alicyclic amines) is 1. The van der Waals surface area contributed by atoms with E-state index >= 15 is 0 Å². The maximum absolute atomic E-state index is 13.0. The van der Waals surface area contributed by atoms with Gasteiger partial charge in [-0.05, 0) is 55.8 Å². The van der Waals surface area contributed by atoms with Crippen molar-refractivity contribution in [3.8, 4) is 5.75 Å². The van der Waals surface area contributed by atoms with Crippen LogP contribution in [0.1, 0.15) is 41.2 Å². The van der Waals surface area contributed by atoms with Gasteiger partial charge in [-0.3, -0.25) is 14.7 Å². The normalized spacial score (nSPS) is 15.8. The summed E-state index contributed by atoms with van der Waals surface area (Å²) >= 11 is 0. The average Bonchev–Trinajstić information content (AvgIpc) is 2.80. The molecule has 1 amide bonds. The summed E-state index contributed by atoms with van der Waals surface area (Å²) in [4.78, 5) is 19.8. The molecule has 150 valence electrons. The number of hydrogen-bond acceptors (Lipinski definition) is 4. The fourth-order valence-electron chi connectivity index (χ4n) is 4.09. The maximum atomic E-state index is 13.0. The second-order valence-electron chi connectivity index (χ2n) is 7.47. The number of hydrogen-bond donors (Lipinski definition) is 1. The summed E-state index contributed by atoms with van der Waals surface area (Å²) < 4.78 is 5.30. The van der Waals surface area contributed by atoms with E-state index in [2.05, 4.69) is 27.3 Å². The molecule has 0 saturated carbocycles. The molecule has 1 N–H and O–H groups in total. The van der Waals surface area contributed by atoms with Crippen molar-refractivity contribution in [2.75, 3.05) is 26.7 Å². The molecule has 4 rings (SSSR count). The first-order valence-electron chi connectivity index (χ1n) is 10.3. The van der Waals surface area contributed by atoms with Gasteiger partial charge in [0.1, 0.15) is 5.75 Å². The number of aromatic nitrogens is 1. The Morgan fingerprint density at radius 1 is 1.07 bits per heavy atom. The summed E-state index contributed by atoms with van der Waals surface area (Å²) in [6, 6.07) is 17.9. The average molecular weight is 389 g/mol. The second-order valence-corrected chi connectivity index (χ2v) is 7.47. The van der Waals surface area contributed by atoms with E-state index in [1.807, 2.05) is 36.4 Å². The summed E-state index contributed by atoms with van der Waals surface area (Å²) in [5, 5.41) is 4.06. The molecule has 1 aliphatic rings. The molecule has 5 heteroatoms. The first-order chi connectivity index (χ1) is 14.3. The molecule has 1 unspecified atom stereocenters. The standard InChI is InChI=1S/C24H27N3O2/c1-29-19-11-9-18(10-12-19)23(27-15-5-2-6-16-27)17-26-24(28)21-13-14-25-22-8-4-3-7-20(21)22/h3-4,7-14,23H,2,5-6,15-17H2,1H3,(H,26,28). The lowest BCUT2D eigenvalue weighted by Gasteiger charge is -2.35. The van der Waals surface area contributed by atoms with Crippen molar-refractivity contribution in [3.63, 3.8) is 0 Å². The van der Waals surface area contributed by atoms with Crippen LogP contribution in [0.4, 0.5) is 0 Å². The lowest BCUT2D eigenvalue weighted by Crippen LogP contribution is -2.40. The topological polar surface area (TPSA) is 54.5 Å². The van der Waals surface area contributed by atoms with Crippen LogP contribution in [0.25, 0.3) is 10.9 Å². The Kier molecular flexibility index (Phi) is 6.06. The number of carbonyl (C=O) groups is 1. The Morgan fingerprint density at radius 3 is 2.59 bits per heavy atom. The zero-order chi connectivity index (χ0) is 20.1. The van der Waals surface area contributed by atoms with Crippen molar-refractivity contribution in [3.05, 3.63) is 71.9 Å². The largest absolute Gasteiger partial charge is 0.497 e. The molecular formula is C24H27N3O2. The van der Waals surface area contributed by atoms with E-state index in [-0.39, 0.29) is 11.9 Å². The molecule has 0 bridgehead atoms. The Labute approximate surface area is 171 Å². The molecule has 1 atom stereocenters. The molecule has 2 aromatic carbocycles. The van der Waals surface area contributed by atoms with Crippen LogP contribution in [0.3, 0.4) is 0 Å². The minimum atomic E-state index is -0.0564. The van der Waals surface area contributed by atoms with Gasteiger partial charge in [0.15, 0.2) is 0 Å². The number of amides is 1. The van der Waals surface area contributed by atoms with E-state index < -0.39 is 0 Å². The maximum Gasteiger partial charge on any atom is 0.252 e. The zero-order valence-corrected chi connectivity index (χ0v) is 16.8. The molecule has 3 aromatic rings. The number of nitrogens with one attached hydrogen (secondary N) is 1. The fourth-order valence-corrected chi connectivity index (χ4v) is 4.09. The molecule has 1 aromatic heterocycles. The van der Waals surface area contributed by atoms with Gasteiger partial charge in [-0.2, -0.15) is 0 Å². The minimum Gasteiger partial charge on any atom is -0.497 e. The second kappa shape index (κ2) is 9.05. The van der Waals surface area contributed by atoms with Crippen LogP contribution < -0.4 is 10.1 Å². The van der Waals surface area contributed by atoms with Crippen molar-refractivity contribution in [2.24, 2.45) is 0 Å². The first-order valence-corrected chi connectivity index (χ1v) is 10.3. The van der Waals surface area contributed by atoms with Crippen molar-refractivity contribution < 1.29 is 9.53 Å². The smallest absolute Gasteiger partial charge is 0.252 e. The third kappa shape index (κ3) is 4.40. The summed E-state index contributed by atoms with van der Waals surface area (Å²) in [5.41, 5.74) is 2.71. The number of ether oxygens (including phenoxy) is 1. The van der Waals surface area contributed by atoms with Gasteiger partial charge in [0.05, 0.1) is 24.2 Å². The fraction of sp³-hybridized carbons (Fsp3) is 0.333. The van der Waals surface area contributed by atoms with Gasteiger partial charge in [-0.1, -0.05) is 36.8 Å². The molecular weight excluding hydrogens is 362 g/mol. The summed E-state index contributed by atoms with van der Waals surface area (Å²) in [5.74, 6) is 0.789. The van der Waals surface area contributed by atoms with E-state index in [1.54, 1.807) is 19.4 Å². The van der Waals surface area contributed by atoms with Gasteiger partial charge in [0, 0.05) is 18.1 Å². The molecule has 1 aliphatic heterocycles. The first kappa shape index (κ1) is 19.4. The Morgan fingerprint density at radius 2 is 1.83 bits per heavy atom. The molecule has 29 heavy (non-hydrogen) atoms. The number of carbonyl (C=O) groups excluding carboxylic acids is 1. The number of rotatable bonds is 6. The van der Waals surface area contributed by atoms with E-state index in [1.165, 1.54) is 24.8 Å². The predicted octanol–water partition coefficient (Wildman–Crippen LogP) is 4.20. The highest BCUT2D eigenvalue weighted by molar-refractivity contribution is 6.05. The highest BCUT2D eigenvalue weighted by Crippen LogP contribution is 2.26. The molecule has 1 fully saturated rings. The van der Waals surface area contributed by atoms with Crippen molar-refractivity contribution >= 4 is 16.8 Å². The number of benzene rings is 2. The molecule has 1 saturated heterocycles. The van der Waals surface area contributed by atoms with Crippen LogP contribution in [0, 0.1) is 0 Å². The lowest BCUT2D eigenvalue weighted by atomic mass is 10.0. The lowest BCUT2D eigenvalue weighted by molar-refractivity contribution is 0.0926. The predicted molar refractivity (Wildman–Crippen MR) is 115 cm³/mol. The Bertz CT molecular complexity index is 960. The van der Waals surface area contributed by atoms with E-state index in [0.29, 0.717) is 12.1 Å². The Hall–Kier alpha value is -2.92. The third-order valence-corrected chi connectivity index (χ3v) is 5.68. The van der Waals surface area contributed by atoms with Crippen LogP contribution in [0.2, 0.25) is 0 Å². The highest BCUT2D eigenvalue weighted by atomic mass is 16.5. The molecule has 0 aliphatic carbocycles. The molecule has 0 spiro atoms. The summed E-state index contributed by atoms with van der Waals surface area (Å²) in [7, 11) is 1.68. The molecule has 5 nitrogen and oxygen atoms in total. The number of methoxy groups -OCH3 is 1. The number of piperidine rings is 1. The van der Waals surface area contributed by atoms with Crippen molar-refractivity contribution in [1.82, 2.24) is 15.2 Å². The number of para-hydroxylation sites is 1. The van der Waals surface area contributed by atoms with E-state index in [9.17, 15) is 4.79 Å². The highest BCUT2D eigenvalue weighted by Gasteiger charge is 2.23. The number of fused-ring (bicyclic) bond motifs is 1. The van der Waals surface area contributed by atoms with Gasteiger partial charge in [0.25, 0.3) is 5.91 Å². The van der Waals surface area contributed by atoms with Gasteiger partial charge < -0.3 is 10.1 Å². The van der Waals surface area contributed by atoms with Crippen LogP contribution in [0.5, 0.6) is 5.75 Å². The van der Waals surface area contributed by atoms with Gasteiger partial charge in [-0.15, -0.1) is 0 Å². The SMILES string of the molecule is COc1ccc(C(CNC(=O)c2ccnc3ccccc23)N2CCCCC2)cc1.